The smallest absolute Gasteiger partial charge is 0.172 e. The summed E-state index contributed by atoms with van der Waals surface area (Å²) < 4.78 is 27.1. The molecule has 3 N–H and O–H groups in total. The average Bonchev–Trinajstić information content (AvgIpc) is 4.06. The van der Waals surface area contributed by atoms with Crippen LogP contribution in [0.4, 0.5) is 0 Å². The van der Waals surface area contributed by atoms with Crippen molar-refractivity contribution >= 4 is 5.78 Å². The predicted octanol–water partition coefficient (Wildman–Crippen LogP) is 7.64. The minimum atomic E-state index is -1.16. The summed E-state index contributed by atoms with van der Waals surface area (Å²) in [5.74, 6) is 1.08. The Morgan fingerprint density at radius 3 is 1.97 bits per heavy atom. The van der Waals surface area contributed by atoms with E-state index < -0.39 is 34.3 Å². The van der Waals surface area contributed by atoms with Gasteiger partial charge in [0.1, 0.15) is 5.78 Å². The van der Waals surface area contributed by atoms with Crippen molar-refractivity contribution in [3.63, 3.8) is 0 Å². The van der Waals surface area contributed by atoms with Gasteiger partial charge in [-0.1, -0.05) is 46.3 Å². The molecule has 10 nitrogen and oxygen atoms in total. The van der Waals surface area contributed by atoms with Crippen LogP contribution in [0.25, 0.3) is 0 Å². The number of Topliss-reactive ketones (excluding diaryl/α,β-unsaturated/α-hetero) is 1. The topological polar surface area (TPSA) is 140 Å². The molecule has 21 atom stereocenters. The number of ether oxygens (including phenoxy) is 4. The van der Waals surface area contributed by atoms with Gasteiger partial charge in [-0.05, 0) is 151 Å². The number of fused-ring (bicyclic) bond motifs is 14. The molecule has 350 valence electrons. The Morgan fingerprint density at radius 2 is 1.34 bits per heavy atom. The molecule has 4 saturated heterocycles. The Bertz CT molecular complexity index is 2260. The molecule has 0 bridgehead atoms. The average molecular weight is 881 g/mol. The van der Waals surface area contributed by atoms with Crippen LogP contribution >= 0.6 is 0 Å². The zero-order valence-electron chi connectivity index (χ0n) is 40.2. The molecule has 0 radical (unpaired) electrons. The molecule has 0 unspecified atom stereocenters. The molecule has 12 aliphatic rings. The summed E-state index contributed by atoms with van der Waals surface area (Å²) in [4.78, 5) is 26.0. The van der Waals surface area contributed by atoms with E-state index in [-0.39, 0.29) is 82.0 Å². The van der Waals surface area contributed by atoms with Crippen molar-refractivity contribution < 1.29 is 39.1 Å². The molecule has 0 amide bonds. The van der Waals surface area contributed by atoms with E-state index in [0.717, 1.165) is 89.2 Å². The van der Waals surface area contributed by atoms with Gasteiger partial charge in [-0.2, -0.15) is 0 Å². The summed E-state index contributed by atoms with van der Waals surface area (Å²) in [5, 5.41) is 35.5. The number of aliphatic hydroxyl groups is 3. The molecule has 1 aromatic heterocycles. The van der Waals surface area contributed by atoms with E-state index >= 15 is 0 Å². The first kappa shape index (κ1) is 42.3. The van der Waals surface area contributed by atoms with Gasteiger partial charge in [0.15, 0.2) is 11.6 Å². The highest BCUT2D eigenvalue weighted by atomic mass is 16.7. The first-order chi connectivity index (χ1) is 30.1. The number of carbonyl (C=O) groups is 1. The summed E-state index contributed by atoms with van der Waals surface area (Å²) in [6.45, 7) is 20.0. The van der Waals surface area contributed by atoms with Crippen molar-refractivity contribution in [2.45, 2.75) is 205 Å². The third kappa shape index (κ3) is 4.92. The lowest BCUT2D eigenvalue weighted by atomic mass is 9.45. The van der Waals surface area contributed by atoms with E-state index in [0.29, 0.717) is 36.5 Å². The minimum absolute atomic E-state index is 0.0113. The third-order valence-corrected chi connectivity index (χ3v) is 23.4. The minimum Gasteiger partial charge on any atom is -0.393 e. The number of aromatic nitrogens is 2. The Kier molecular flexibility index (Phi) is 8.40. The maximum Gasteiger partial charge on any atom is 0.172 e. The first-order valence-corrected chi connectivity index (χ1v) is 26.0. The number of ketones is 1. The second-order valence-corrected chi connectivity index (χ2v) is 26.4. The van der Waals surface area contributed by atoms with Crippen LogP contribution in [0, 0.1) is 80.8 Å². The molecule has 10 heteroatoms. The Balaban J connectivity index is 0.761. The summed E-state index contributed by atoms with van der Waals surface area (Å²) in [6, 6.07) is 0. The van der Waals surface area contributed by atoms with Crippen molar-refractivity contribution in [1.82, 2.24) is 9.97 Å². The summed E-state index contributed by atoms with van der Waals surface area (Å²) in [7, 11) is 0. The van der Waals surface area contributed by atoms with Crippen LogP contribution in [0.5, 0.6) is 0 Å². The molecule has 1 aromatic rings. The van der Waals surface area contributed by atoms with Gasteiger partial charge in [-0.15, -0.1) is 0 Å². The molecular weight excluding hydrogens is 805 g/mol. The van der Waals surface area contributed by atoms with Crippen LogP contribution in [0.3, 0.4) is 0 Å². The molecule has 9 fully saturated rings. The molecule has 5 heterocycles. The van der Waals surface area contributed by atoms with Crippen LogP contribution in [0.1, 0.15) is 156 Å². The molecule has 4 aliphatic heterocycles. The number of rotatable bonds is 1. The number of aliphatic hydroxyl groups excluding tert-OH is 2. The molecule has 0 aromatic carbocycles. The lowest BCUT2D eigenvalue weighted by Crippen LogP contribution is -2.58. The van der Waals surface area contributed by atoms with Gasteiger partial charge < -0.3 is 34.3 Å². The maximum atomic E-state index is 14.8. The Labute approximate surface area is 380 Å². The van der Waals surface area contributed by atoms with Crippen molar-refractivity contribution in [3.8, 4) is 0 Å². The second kappa shape index (κ2) is 12.7. The zero-order chi connectivity index (χ0) is 44.7. The van der Waals surface area contributed by atoms with Gasteiger partial charge in [0, 0.05) is 48.3 Å². The van der Waals surface area contributed by atoms with Gasteiger partial charge in [-0.25, -0.2) is 0 Å². The van der Waals surface area contributed by atoms with Crippen LogP contribution in [-0.4, -0.2) is 84.4 Å². The molecular formula is C54H76N2O8. The van der Waals surface area contributed by atoms with E-state index in [1.165, 1.54) is 22.7 Å². The van der Waals surface area contributed by atoms with Crippen LogP contribution in [-0.2, 0) is 49.4 Å². The fourth-order valence-electron chi connectivity index (χ4n) is 20.0. The van der Waals surface area contributed by atoms with Crippen molar-refractivity contribution in [1.29, 1.82) is 0 Å². The summed E-state index contributed by atoms with van der Waals surface area (Å²) >= 11 is 0. The number of nitrogens with zero attached hydrogens (tertiary/aromatic N) is 2. The standard InChI is InChI=1S/C54H76N2O8/c1-27-44-40(61-54(27)17-15-47(5,26-57)64-54)20-34-31-12-10-29-18-36-38(23-48(29,6)33(31)21-42(58)50(34,44)8)55-37-19-30-11-13-32-35(49(30,7)24-39(37)56-36)22-43(59)52(32)25-41-45(51(52,9)60)28(2)53(62-41)16-14-46(3,4)63-53/h20,27-33,35,40-42,44-45,57-58,60H,10-19,21-26H2,1-9H3/t27-,28-,29-,30-,31+,32+,33-,35-,40-,41-,42+,44-,45-,47-,48-,49-,50+,51-,52-,53+,54+/m0/s1. The van der Waals surface area contributed by atoms with Crippen molar-refractivity contribution in [3.05, 3.63) is 34.4 Å². The van der Waals surface area contributed by atoms with Gasteiger partial charge in [-0.3, -0.25) is 14.8 Å². The quantitative estimate of drug-likeness (QED) is 0.241. The highest BCUT2D eigenvalue weighted by Gasteiger charge is 2.79. The molecule has 5 saturated carbocycles. The van der Waals surface area contributed by atoms with Crippen LogP contribution < -0.4 is 0 Å². The highest BCUT2D eigenvalue weighted by Crippen LogP contribution is 2.74. The van der Waals surface area contributed by atoms with Crippen LogP contribution in [0.2, 0.25) is 0 Å². The number of hydrogen-bond acceptors (Lipinski definition) is 10. The van der Waals surface area contributed by atoms with Gasteiger partial charge >= 0.3 is 0 Å². The number of hydrogen-bond donors (Lipinski definition) is 3. The van der Waals surface area contributed by atoms with Gasteiger partial charge in [0.05, 0.1) is 69.9 Å². The van der Waals surface area contributed by atoms with E-state index in [9.17, 15) is 20.1 Å². The molecule has 64 heavy (non-hydrogen) atoms. The fraction of sp³-hybridized carbons (Fsp3) is 0.870. The van der Waals surface area contributed by atoms with Crippen molar-refractivity contribution in [2.24, 2.45) is 80.8 Å². The fourth-order valence-corrected chi connectivity index (χ4v) is 20.0. The van der Waals surface area contributed by atoms with E-state index in [2.05, 4.69) is 54.5 Å². The van der Waals surface area contributed by atoms with E-state index in [1.807, 2.05) is 13.8 Å². The Morgan fingerprint density at radius 1 is 0.719 bits per heavy atom. The zero-order valence-corrected chi connectivity index (χ0v) is 40.2. The van der Waals surface area contributed by atoms with Crippen LogP contribution in [0.15, 0.2) is 11.6 Å². The SMILES string of the molecule is C[C@H]1[C@H]2[C@H](C=C3[C@@H]4CC[C@H]5Cc6nc7c(nc6C[C@]5(C)[C@H]4C[C@@H](O)[C@@]32C)C[C@@H]2CC[C@@H]3[C@H](CC(=O)[C@]34C[C@@H]3O[C@@]5(CCC(C)(C)O5)[C@@H](C)[C@@H]3[C@]4(C)O)[C@@]2(C)C7)O[C@@]12CC[C@@](C)(CO)O2. The second-order valence-electron chi connectivity index (χ2n) is 26.4. The normalized spacial score (nSPS) is 58.1. The Hall–Kier alpha value is -1.79. The molecule has 3 spiro atoms. The molecule has 13 rings (SSSR count). The largest absolute Gasteiger partial charge is 0.393 e. The van der Waals surface area contributed by atoms with Gasteiger partial charge in [0.2, 0.25) is 0 Å². The van der Waals surface area contributed by atoms with Gasteiger partial charge in [0.25, 0.3) is 0 Å². The predicted molar refractivity (Wildman–Crippen MR) is 237 cm³/mol. The lowest BCUT2D eigenvalue weighted by molar-refractivity contribution is -0.257. The van der Waals surface area contributed by atoms with Crippen molar-refractivity contribution in [2.75, 3.05) is 6.61 Å². The summed E-state index contributed by atoms with van der Waals surface area (Å²) in [5.41, 5.74) is 2.94. The maximum absolute atomic E-state index is 14.8. The van der Waals surface area contributed by atoms with E-state index in [1.54, 1.807) is 0 Å². The number of carbonyl (C=O) groups excluding carboxylic acids is 1. The lowest BCUT2D eigenvalue weighted by Gasteiger charge is -2.60. The first-order valence-electron chi connectivity index (χ1n) is 26.0. The third-order valence-electron chi connectivity index (χ3n) is 23.4. The van der Waals surface area contributed by atoms with E-state index in [4.69, 9.17) is 28.9 Å². The monoisotopic (exact) mass is 881 g/mol. The highest BCUT2D eigenvalue weighted by molar-refractivity contribution is 5.90. The summed E-state index contributed by atoms with van der Waals surface area (Å²) in [6.07, 6.45) is 14.9. The molecule has 8 aliphatic carbocycles.